The smallest absolute Gasteiger partial charge is 0.105 e. The minimum Gasteiger partial charge on any atom is -0.334 e. The van der Waals surface area contributed by atoms with Gasteiger partial charge in [0, 0.05) is 37.4 Å². The van der Waals surface area contributed by atoms with Crippen LogP contribution in [-0.4, -0.2) is 28.0 Å². The van der Waals surface area contributed by atoms with Gasteiger partial charge >= 0.3 is 0 Å². The van der Waals surface area contributed by atoms with Crippen LogP contribution in [0.1, 0.15) is 19.2 Å². The maximum absolute atomic E-state index is 5.64. The molecule has 4 heteroatoms. The SMILES string of the molecule is Cc1nccn1CCNC(C)CCCl. The van der Waals surface area contributed by atoms with E-state index in [2.05, 4.69) is 21.8 Å². The van der Waals surface area contributed by atoms with E-state index in [-0.39, 0.29) is 0 Å². The number of halogens is 1. The Kier molecular flexibility index (Phi) is 4.98. The molecule has 1 N–H and O–H groups in total. The lowest BCUT2D eigenvalue weighted by atomic mass is 10.2. The first kappa shape index (κ1) is 11.5. The van der Waals surface area contributed by atoms with Crippen molar-refractivity contribution in [1.29, 1.82) is 0 Å². The van der Waals surface area contributed by atoms with Crippen LogP contribution in [0.5, 0.6) is 0 Å². The molecule has 0 fully saturated rings. The predicted molar refractivity (Wildman–Crippen MR) is 59.8 cm³/mol. The van der Waals surface area contributed by atoms with E-state index >= 15 is 0 Å². The maximum Gasteiger partial charge on any atom is 0.105 e. The van der Waals surface area contributed by atoms with Crippen LogP contribution in [0.2, 0.25) is 0 Å². The molecule has 1 atom stereocenters. The molecule has 0 amide bonds. The lowest BCUT2D eigenvalue weighted by Gasteiger charge is -2.12. The first-order valence-corrected chi connectivity index (χ1v) is 5.54. The zero-order chi connectivity index (χ0) is 10.4. The fourth-order valence-electron chi connectivity index (χ4n) is 1.34. The number of imidazole rings is 1. The number of aryl methyl sites for hydroxylation is 1. The first-order valence-electron chi connectivity index (χ1n) is 5.01. The van der Waals surface area contributed by atoms with Crippen LogP contribution in [0.3, 0.4) is 0 Å². The minimum absolute atomic E-state index is 0.497. The molecule has 3 nitrogen and oxygen atoms in total. The molecule has 0 aromatic carbocycles. The number of rotatable bonds is 6. The van der Waals surface area contributed by atoms with Gasteiger partial charge in [-0.3, -0.25) is 0 Å². The van der Waals surface area contributed by atoms with Crippen molar-refractivity contribution in [2.75, 3.05) is 12.4 Å². The summed E-state index contributed by atoms with van der Waals surface area (Å²) in [4.78, 5) is 4.16. The Labute approximate surface area is 90.5 Å². The highest BCUT2D eigenvalue weighted by Gasteiger charge is 2.00. The van der Waals surface area contributed by atoms with Crippen molar-refractivity contribution in [3.63, 3.8) is 0 Å². The minimum atomic E-state index is 0.497. The van der Waals surface area contributed by atoms with Gasteiger partial charge in [0.15, 0.2) is 0 Å². The molecule has 1 aromatic rings. The lowest BCUT2D eigenvalue weighted by Crippen LogP contribution is -2.29. The summed E-state index contributed by atoms with van der Waals surface area (Å²) in [5.74, 6) is 1.79. The molecular weight excluding hydrogens is 198 g/mol. The Balaban J connectivity index is 2.19. The average Bonchev–Trinajstić information content (AvgIpc) is 2.52. The van der Waals surface area contributed by atoms with Crippen LogP contribution in [0.25, 0.3) is 0 Å². The van der Waals surface area contributed by atoms with E-state index in [0.717, 1.165) is 31.2 Å². The van der Waals surface area contributed by atoms with Gasteiger partial charge < -0.3 is 9.88 Å². The van der Waals surface area contributed by atoms with Crippen molar-refractivity contribution in [1.82, 2.24) is 14.9 Å². The fraction of sp³-hybridized carbons (Fsp3) is 0.700. The van der Waals surface area contributed by atoms with E-state index in [4.69, 9.17) is 11.6 Å². The van der Waals surface area contributed by atoms with Gasteiger partial charge in [-0.25, -0.2) is 4.98 Å². The maximum atomic E-state index is 5.64. The summed E-state index contributed by atoms with van der Waals surface area (Å²) in [6, 6.07) is 0.497. The zero-order valence-electron chi connectivity index (χ0n) is 8.83. The highest BCUT2D eigenvalue weighted by atomic mass is 35.5. The standard InChI is InChI=1S/C10H18ClN3/c1-9(3-4-11)12-5-7-14-8-6-13-10(14)2/h6,8-9,12H,3-5,7H2,1-2H3. The molecule has 1 heterocycles. The van der Waals surface area contributed by atoms with E-state index in [1.165, 1.54) is 0 Å². The summed E-state index contributed by atoms with van der Waals surface area (Å²) in [5, 5.41) is 3.42. The third-order valence-corrected chi connectivity index (χ3v) is 2.53. The summed E-state index contributed by atoms with van der Waals surface area (Å²) < 4.78 is 2.14. The number of nitrogens with one attached hydrogen (secondary N) is 1. The van der Waals surface area contributed by atoms with Gasteiger partial charge in [-0.15, -0.1) is 11.6 Å². The van der Waals surface area contributed by atoms with Crippen molar-refractivity contribution in [2.24, 2.45) is 0 Å². The topological polar surface area (TPSA) is 29.9 Å². The van der Waals surface area contributed by atoms with Gasteiger partial charge in [0.1, 0.15) is 5.82 Å². The molecule has 1 unspecified atom stereocenters. The highest BCUT2D eigenvalue weighted by molar-refractivity contribution is 6.17. The van der Waals surface area contributed by atoms with Crippen LogP contribution in [0, 0.1) is 6.92 Å². The summed E-state index contributed by atoms with van der Waals surface area (Å²) in [6.45, 7) is 6.11. The molecule has 0 aliphatic rings. The predicted octanol–water partition coefficient (Wildman–Crippen LogP) is 1.80. The van der Waals surface area contributed by atoms with Crippen molar-refractivity contribution < 1.29 is 0 Å². The summed E-state index contributed by atoms with van der Waals surface area (Å²) in [5.41, 5.74) is 0. The van der Waals surface area contributed by atoms with Crippen molar-refractivity contribution in [2.45, 2.75) is 32.9 Å². The second kappa shape index (κ2) is 6.04. The third-order valence-electron chi connectivity index (χ3n) is 2.31. The molecule has 80 valence electrons. The Bertz CT molecular complexity index is 260. The number of nitrogens with zero attached hydrogens (tertiary/aromatic N) is 2. The van der Waals surface area contributed by atoms with Gasteiger partial charge in [-0.2, -0.15) is 0 Å². The molecule has 0 bridgehead atoms. The molecule has 0 saturated carbocycles. The second-order valence-electron chi connectivity index (χ2n) is 3.50. The van der Waals surface area contributed by atoms with Crippen LogP contribution in [-0.2, 0) is 6.54 Å². The monoisotopic (exact) mass is 215 g/mol. The van der Waals surface area contributed by atoms with Crippen LogP contribution >= 0.6 is 11.6 Å². The Morgan fingerprint density at radius 2 is 2.43 bits per heavy atom. The van der Waals surface area contributed by atoms with Gasteiger partial charge in [-0.1, -0.05) is 0 Å². The molecule has 0 radical (unpaired) electrons. The molecule has 1 rings (SSSR count). The third kappa shape index (κ3) is 3.68. The number of alkyl halides is 1. The average molecular weight is 216 g/mol. The molecule has 0 aliphatic heterocycles. The Morgan fingerprint density at radius 3 is 3.00 bits per heavy atom. The van der Waals surface area contributed by atoms with Gasteiger partial charge in [0.25, 0.3) is 0 Å². The summed E-state index contributed by atoms with van der Waals surface area (Å²) in [7, 11) is 0. The number of aromatic nitrogens is 2. The molecule has 0 aliphatic carbocycles. The van der Waals surface area contributed by atoms with E-state index in [9.17, 15) is 0 Å². The molecule has 14 heavy (non-hydrogen) atoms. The first-order chi connectivity index (χ1) is 6.74. The second-order valence-corrected chi connectivity index (χ2v) is 3.88. The van der Waals surface area contributed by atoms with Gasteiger partial charge in [0.05, 0.1) is 0 Å². The fourth-order valence-corrected chi connectivity index (χ4v) is 1.66. The molecule has 0 spiro atoms. The van der Waals surface area contributed by atoms with E-state index in [1.807, 2.05) is 19.3 Å². The van der Waals surface area contributed by atoms with Crippen molar-refractivity contribution in [3.05, 3.63) is 18.2 Å². The van der Waals surface area contributed by atoms with Gasteiger partial charge in [0.2, 0.25) is 0 Å². The van der Waals surface area contributed by atoms with Crippen LogP contribution < -0.4 is 5.32 Å². The van der Waals surface area contributed by atoms with Crippen molar-refractivity contribution in [3.8, 4) is 0 Å². The highest BCUT2D eigenvalue weighted by Crippen LogP contribution is 1.95. The largest absolute Gasteiger partial charge is 0.334 e. The Hall–Kier alpha value is -0.540. The van der Waals surface area contributed by atoms with E-state index in [0.29, 0.717) is 6.04 Å². The van der Waals surface area contributed by atoms with E-state index in [1.54, 1.807) is 0 Å². The zero-order valence-corrected chi connectivity index (χ0v) is 9.59. The number of hydrogen-bond donors (Lipinski definition) is 1. The molecule has 1 aromatic heterocycles. The van der Waals surface area contributed by atoms with Crippen LogP contribution in [0.15, 0.2) is 12.4 Å². The quantitative estimate of drug-likeness (QED) is 0.734. The van der Waals surface area contributed by atoms with E-state index < -0.39 is 0 Å². The normalized spacial score (nSPS) is 13.1. The summed E-state index contributed by atoms with van der Waals surface area (Å²) in [6.07, 6.45) is 4.85. The van der Waals surface area contributed by atoms with Gasteiger partial charge in [-0.05, 0) is 20.3 Å². The lowest BCUT2D eigenvalue weighted by molar-refractivity contribution is 0.502. The Morgan fingerprint density at radius 1 is 1.64 bits per heavy atom. The molecule has 0 saturated heterocycles. The van der Waals surface area contributed by atoms with Crippen LogP contribution in [0.4, 0.5) is 0 Å². The molecular formula is C10H18ClN3. The number of hydrogen-bond acceptors (Lipinski definition) is 2. The van der Waals surface area contributed by atoms with Crippen molar-refractivity contribution >= 4 is 11.6 Å². The summed E-state index contributed by atoms with van der Waals surface area (Å²) >= 11 is 5.64.